The van der Waals surface area contributed by atoms with E-state index in [-0.39, 0.29) is 11.9 Å². The van der Waals surface area contributed by atoms with Crippen molar-refractivity contribution in [2.24, 2.45) is 0 Å². The van der Waals surface area contributed by atoms with E-state index in [1.54, 1.807) is 6.07 Å². The lowest BCUT2D eigenvalue weighted by Crippen LogP contribution is -2.19. The van der Waals surface area contributed by atoms with Crippen LogP contribution in [0.2, 0.25) is 5.02 Å². The Hall–Kier alpha value is -1.28. The number of halogens is 1. The minimum atomic E-state index is -0.0359. The molecule has 0 spiro atoms. The van der Waals surface area contributed by atoms with E-state index in [9.17, 15) is 4.79 Å². The SMILES string of the molecule is O=C1CC[C@H]2Oc3ccc(Cl)cc3C=C12. The Morgan fingerprint density at radius 3 is 3.13 bits per heavy atom. The van der Waals surface area contributed by atoms with Gasteiger partial charge in [0, 0.05) is 22.6 Å². The summed E-state index contributed by atoms with van der Waals surface area (Å²) >= 11 is 5.89. The smallest absolute Gasteiger partial charge is 0.162 e. The van der Waals surface area contributed by atoms with Gasteiger partial charge in [-0.15, -0.1) is 0 Å². The minimum absolute atomic E-state index is 0.0359. The Morgan fingerprint density at radius 1 is 1.40 bits per heavy atom. The Balaban J connectivity index is 2.13. The van der Waals surface area contributed by atoms with Gasteiger partial charge in [0.1, 0.15) is 11.9 Å². The zero-order chi connectivity index (χ0) is 10.4. The molecule has 0 amide bonds. The van der Waals surface area contributed by atoms with Crippen LogP contribution >= 0.6 is 11.6 Å². The largest absolute Gasteiger partial charge is 0.485 e. The van der Waals surface area contributed by atoms with E-state index in [2.05, 4.69) is 0 Å². The zero-order valence-electron chi connectivity index (χ0n) is 8.00. The van der Waals surface area contributed by atoms with Crippen LogP contribution in [0.5, 0.6) is 5.75 Å². The monoisotopic (exact) mass is 220 g/mol. The molecule has 76 valence electrons. The summed E-state index contributed by atoms with van der Waals surface area (Å²) in [5.41, 5.74) is 1.70. The summed E-state index contributed by atoms with van der Waals surface area (Å²) in [4.78, 5) is 11.5. The normalized spacial score (nSPS) is 22.9. The van der Waals surface area contributed by atoms with Gasteiger partial charge < -0.3 is 4.74 Å². The Kier molecular flexibility index (Phi) is 1.86. The van der Waals surface area contributed by atoms with Crippen molar-refractivity contribution in [1.29, 1.82) is 0 Å². The van der Waals surface area contributed by atoms with Crippen LogP contribution < -0.4 is 4.74 Å². The van der Waals surface area contributed by atoms with Crippen molar-refractivity contribution in [1.82, 2.24) is 0 Å². The molecule has 15 heavy (non-hydrogen) atoms. The molecule has 2 aliphatic rings. The maximum absolute atomic E-state index is 11.5. The lowest BCUT2D eigenvalue weighted by atomic mass is 10.0. The van der Waals surface area contributed by atoms with Gasteiger partial charge in [-0.3, -0.25) is 4.79 Å². The quantitative estimate of drug-likeness (QED) is 0.672. The summed E-state index contributed by atoms with van der Waals surface area (Å²) in [5.74, 6) is 1.02. The molecular formula is C12H9ClO2. The second kappa shape index (κ2) is 3.11. The van der Waals surface area contributed by atoms with Gasteiger partial charge in [0.15, 0.2) is 5.78 Å². The molecular weight excluding hydrogens is 212 g/mol. The number of Topliss-reactive ketones (excluding diaryl/α,β-unsaturated/α-hetero) is 1. The maximum atomic E-state index is 11.5. The number of fused-ring (bicyclic) bond motifs is 2. The first-order valence-electron chi connectivity index (χ1n) is 4.95. The van der Waals surface area contributed by atoms with E-state index in [1.807, 2.05) is 18.2 Å². The highest BCUT2D eigenvalue weighted by Crippen LogP contribution is 2.36. The fourth-order valence-corrected chi connectivity index (χ4v) is 2.28. The summed E-state index contributed by atoms with van der Waals surface area (Å²) < 4.78 is 5.73. The highest BCUT2D eigenvalue weighted by Gasteiger charge is 2.33. The van der Waals surface area contributed by atoms with E-state index in [1.165, 1.54) is 0 Å². The molecule has 1 heterocycles. The summed E-state index contributed by atoms with van der Waals surface area (Å²) in [6.07, 6.45) is 3.27. The topological polar surface area (TPSA) is 26.3 Å². The van der Waals surface area contributed by atoms with Crippen molar-refractivity contribution >= 4 is 23.5 Å². The van der Waals surface area contributed by atoms with Gasteiger partial charge in [-0.25, -0.2) is 0 Å². The van der Waals surface area contributed by atoms with Crippen molar-refractivity contribution in [2.75, 3.05) is 0 Å². The maximum Gasteiger partial charge on any atom is 0.162 e. The van der Waals surface area contributed by atoms with Crippen molar-refractivity contribution in [3.05, 3.63) is 34.4 Å². The Bertz CT molecular complexity index is 477. The summed E-state index contributed by atoms with van der Waals surface area (Å²) in [7, 11) is 0. The van der Waals surface area contributed by atoms with Gasteiger partial charge in [0.25, 0.3) is 0 Å². The third kappa shape index (κ3) is 1.37. The average Bonchev–Trinajstić information content (AvgIpc) is 2.57. The molecule has 0 unspecified atom stereocenters. The third-order valence-corrected chi connectivity index (χ3v) is 3.09. The van der Waals surface area contributed by atoms with Crippen LogP contribution in [0.3, 0.4) is 0 Å². The number of rotatable bonds is 0. The van der Waals surface area contributed by atoms with Crippen LogP contribution in [0, 0.1) is 0 Å². The number of hydrogen-bond donors (Lipinski definition) is 0. The Labute approximate surface area is 92.5 Å². The molecule has 0 radical (unpaired) electrons. The number of carbonyl (C=O) groups is 1. The number of ketones is 1. The van der Waals surface area contributed by atoms with Crippen molar-refractivity contribution in [3.63, 3.8) is 0 Å². The van der Waals surface area contributed by atoms with Gasteiger partial charge in [0.05, 0.1) is 0 Å². The van der Waals surface area contributed by atoms with Gasteiger partial charge in [-0.1, -0.05) is 11.6 Å². The van der Waals surface area contributed by atoms with Gasteiger partial charge in [-0.2, -0.15) is 0 Å². The summed E-state index contributed by atoms with van der Waals surface area (Å²) in [5, 5.41) is 0.665. The van der Waals surface area contributed by atoms with E-state index < -0.39 is 0 Å². The van der Waals surface area contributed by atoms with Crippen LogP contribution in [0.1, 0.15) is 18.4 Å². The van der Waals surface area contributed by atoms with Crippen molar-refractivity contribution in [3.8, 4) is 5.75 Å². The summed E-state index contributed by atoms with van der Waals surface area (Å²) in [6, 6.07) is 5.48. The van der Waals surface area contributed by atoms with Crippen LogP contribution in [0.25, 0.3) is 6.08 Å². The van der Waals surface area contributed by atoms with Crippen LogP contribution in [0.15, 0.2) is 23.8 Å². The predicted octanol–water partition coefficient (Wildman–Crippen LogP) is 2.85. The molecule has 0 N–H and O–H groups in total. The van der Waals surface area contributed by atoms with Crippen molar-refractivity contribution < 1.29 is 9.53 Å². The first kappa shape index (κ1) is 8.98. The molecule has 3 rings (SSSR count). The predicted molar refractivity (Wildman–Crippen MR) is 58.1 cm³/mol. The van der Waals surface area contributed by atoms with E-state index in [0.717, 1.165) is 23.3 Å². The molecule has 1 atom stereocenters. The Morgan fingerprint density at radius 2 is 2.27 bits per heavy atom. The average molecular weight is 221 g/mol. The number of benzene rings is 1. The van der Waals surface area contributed by atoms with Crippen LogP contribution in [0.4, 0.5) is 0 Å². The molecule has 0 bridgehead atoms. The van der Waals surface area contributed by atoms with E-state index >= 15 is 0 Å². The number of ether oxygens (including phenoxy) is 1. The fourth-order valence-electron chi connectivity index (χ4n) is 2.10. The molecule has 2 nitrogen and oxygen atoms in total. The molecule has 3 heteroatoms. The highest BCUT2D eigenvalue weighted by molar-refractivity contribution is 6.30. The molecule has 1 aliphatic carbocycles. The van der Waals surface area contributed by atoms with Crippen LogP contribution in [-0.2, 0) is 4.79 Å². The lowest BCUT2D eigenvalue weighted by molar-refractivity contribution is -0.114. The van der Waals surface area contributed by atoms with E-state index in [0.29, 0.717) is 11.4 Å². The molecule has 1 aromatic carbocycles. The fraction of sp³-hybridized carbons (Fsp3) is 0.250. The van der Waals surface area contributed by atoms with Gasteiger partial charge in [-0.05, 0) is 30.7 Å². The van der Waals surface area contributed by atoms with E-state index in [4.69, 9.17) is 16.3 Å². The molecule has 1 aromatic rings. The molecule has 1 aliphatic heterocycles. The van der Waals surface area contributed by atoms with Crippen molar-refractivity contribution in [2.45, 2.75) is 18.9 Å². The number of carbonyl (C=O) groups excluding carboxylic acids is 1. The van der Waals surface area contributed by atoms with Gasteiger partial charge in [0.2, 0.25) is 0 Å². The first-order valence-corrected chi connectivity index (χ1v) is 5.33. The third-order valence-electron chi connectivity index (χ3n) is 2.85. The van der Waals surface area contributed by atoms with Gasteiger partial charge >= 0.3 is 0 Å². The van der Waals surface area contributed by atoms with Crippen LogP contribution in [-0.4, -0.2) is 11.9 Å². The number of hydrogen-bond acceptors (Lipinski definition) is 2. The molecule has 0 saturated heterocycles. The summed E-state index contributed by atoms with van der Waals surface area (Å²) in [6.45, 7) is 0. The molecule has 1 saturated carbocycles. The lowest BCUT2D eigenvalue weighted by Gasteiger charge is -2.21. The molecule has 1 fully saturated rings. The standard InChI is InChI=1S/C12H9ClO2/c13-8-1-3-11-7(5-8)6-9-10(14)2-4-12(9)15-11/h1,3,5-6,12H,2,4H2/t12-/m1/s1. The minimum Gasteiger partial charge on any atom is -0.485 e. The zero-order valence-corrected chi connectivity index (χ0v) is 8.75. The second-order valence-electron chi connectivity index (χ2n) is 3.85. The highest BCUT2D eigenvalue weighted by atomic mass is 35.5. The molecule has 0 aromatic heterocycles. The second-order valence-corrected chi connectivity index (χ2v) is 4.29. The first-order chi connectivity index (χ1) is 7.24.